The average Bonchev–Trinajstić information content (AvgIpc) is 2.15. The summed E-state index contributed by atoms with van der Waals surface area (Å²) < 4.78 is 5.25. The Labute approximate surface area is 105 Å². The van der Waals surface area contributed by atoms with Gasteiger partial charge in [-0.25, -0.2) is 0 Å². The summed E-state index contributed by atoms with van der Waals surface area (Å²) in [6.45, 7) is 10.9. The van der Waals surface area contributed by atoms with Crippen molar-refractivity contribution >= 4 is 16.8 Å². The maximum Gasteiger partial charge on any atom is 0.230 e. The monoisotopic (exact) mass is 248 g/mol. The Morgan fingerprint density at radius 3 is 2.12 bits per heavy atom. The smallest absolute Gasteiger partial charge is 0.230 e. The molecule has 0 rings (SSSR count). The van der Waals surface area contributed by atoms with Gasteiger partial charge in [-0.3, -0.25) is 4.79 Å². The molecule has 3 heteroatoms. The van der Waals surface area contributed by atoms with Crippen molar-refractivity contribution in [2.24, 2.45) is 16.7 Å². The molecule has 0 aliphatic carbocycles. The zero-order chi connectivity index (χ0) is 13.0. The van der Waals surface area contributed by atoms with Crippen molar-refractivity contribution in [3.05, 3.63) is 0 Å². The van der Waals surface area contributed by atoms with Gasteiger partial charge in [-0.05, 0) is 35.8 Å². The van der Waals surface area contributed by atoms with Crippen LogP contribution < -0.4 is 0 Å². The van der Waals surface area contributed by atoms with E-state index in [-0.39, 0.29) is 10.7 Å². The van der Waals surface area contributed by atoms with Gasteiger partial charge in [0, 0.05) is 7.11 Å². The zero-order valence-corrected chi connectivity index (χ0v) is 12.1. The molecule has 0 spiro atoms. The van der Waals surface area contributed by atoms with Gasteiger partial charge in [-0.1, -0.05) is 34.6 Å². The highest BCUT2D eigenvalue weighted by Gasteiger charge is 2.49. The molecule has 0 saturated carbocycles. The fourth-order valence-electron chi connectivity index (χ4n) is 2.22. The van der Waals surface area contributed by atoms with Crippen molar-refractivity contribution in [2.75, 3.05) is 13.7 Å². The third-order valence-corrected chi connectivity index (χ3v) is 4.06. The summed E-state index contributed by atoms with van der Waals surface area (Å²) in [6, 6.07) is 0. The molecule has 0 fully saturated rings. The van der Waals surface area contributed by atoms with E-state index in [1.54, 1.807) is 7.11 Å². The van der Waals surface area contributed by atoms with Crippen molar-refractivity contribution in [1.29, 1.82) is 0 Å². The molecule has 0 aliphatic heterocycles. The van der Waals surface area contributed by atoms with Gasteiger partial charge in [0.25, 0.3) is 0 Å². The minimum absolute atomic E-state index is 0.147. The zero-order valence-electron chi connectivity index (χ0n) is 11.4. The van der Waals surface area contributed by atoms with Gasteiger partial charge in [0.05, 0.1) is 12.0 Å². The predicted molar refractivity (Wildman–Crippen MR) is 68.7 cm³/mol. The fourth-order valence-corrected chi connectivity index (χ4v) is 2.60. The fraction of sp³-hybridized carbons (Fsp3) is 0.923. The second-order valence-corrected chi connectivity index (χ2v) is 5.97. The van der Waals surface area contributed by atoms with Crippen molar-refractivity contribution in [1.82, 2.24) is 0 Å². The summed E-state index contributed by atoms with van der Waals surface area (Å²) in [5, 5.41) is -0.269. The van der Waals surface area contributed by atoms with Gasteiger partial charge in [0.1, 0.15) is 0 Å². The van der Waals surface area contributed by atoms with Crippen LogP contribution in [0.3, 0.4) is 0 Å². The first-order valence-corrected chi connectivity index (χ1v) is 6.30. The molecule has 1 unspecified atom stereocenters. The van der Waals surface area contributed by atoms with Gasteiger partial charge in [-0.2, -0.15) is 0 Å². The first-order valence-electron chi connectivity index (χ1n) is 5.92. The standard InChI is InChI=1S/C13H25ClO2/c1-7-12(4,5)13(9-16-6,11(14)15)8-10(2)3/h10H,7-9H2,1-6H3. The third kappa shape index (κ3) is 3.21. The molecule has 0 bridgehead atoms. The van der Waals surface area contributed by atoms with Crippen LogP contribution in [0, 0.1) is 16.7 Å². The summed E-state index contributed by atoms with van der Waals surface area (Å²) >= 11 is 5.87. The minimum atomic E-state index is -0.577. The van der Waals surface area contributed by atoms with E-state index in [4.69, 9.17) is 16.3 Å². The Balaban J connectivity index is 5.33. The van der Waals surface area contributed by atoms with Crippen molar-refractivity contribution in [3.8, 4) is 0 Å². The second-order valence-electron chi connectivity index (χ2n) is 5.62. The lowest BCUT2D eigenvalue weighted by atomic mass is 9.61. The summed E-state index contributed by atoms with van der Waals surface area (Å²) in [6.07, 6.45) is 1.67. The molecule has 0 aromatic heterocycles. The van der Waals surface area contributed by atoms with Gasteiger partial charge in [-0.15, -0.1) is 0 Å². The van der Waals surface area contributed by atoms with E-state index in [0.29, 0.717) is 12.5 Å². The van der Waals surface area contributed by atoms with Crippen LogP contribution in [0.1, 0.15) is 47.5 Å². The van der Waals surface area contributed by atoms with Crippen LogP contribution in [0.5, 0.6) is 0 Å². The highest BCUT2D eigenvalue weighted by atomic mass is 35.5. The molecule has 0 N–H and O–H groups in total. The van der Waals surface area contributed by atoms with E-state index in [0.717, 1.165) is 12.8 Å². The first kappa shape index (κ1) is 15.9. The van der Waals surface area contributed by atoms with Gasteiger partial charge >= 0.3 is 0 Å². The number of hydrogen-bond donors (Lipinski definition) is 0. The lowest BCUT2D eigenvalue weighted by molar-refractivity contribution is -0.135. The molecule has 0 amide bonds. The molecule has 96 valence electrons. The van der Waals surface area contributed by atoms with E-state index in [1.807, 2.05) is 0 Å². The average molecular weight is 249 g/mol. The lowest BCUT2D eigenvalue weighted by Gasteiger charge is -2.44. The Hall–Kier alpha value is -0.0800. The highest BCUT2D eigenvalue weighted by Crippen LogP contribution is 2.48. The predicted octanol–water partition coefficient (Wildman–Crippen LogP) is 3.87. The Morgan fingerprint density at radius 2 is 1.88 bits per heavy atom. The molecule has 0 saturated heterocycles. The van der Waals surface area contributed by atoms with E-state index in [9.17, 15) is 4.79 Å². The van der Waals surface area contributed by atoms with E-state index in [2.05, 4.69) is 34.6 Å². The van der Waals surface area contributed by atoms with Crippen LogP contribution in [0.4, 0.5) is 0 Å². The second kappa shape index (κ2) is 6.02. The van der Waals surface area contributed by atoms with E-state index in [1.165, 1.54) is 0 Å². The van der Waals surface area contributed by atoms with Crippen LogP contribution >= 0.6 is 11.6 Å². The number of rotatable bonds is 7. The number of hydrogen-bond acceptors (Lipinski definition) is 2. The summed E-state index contributed by atoms with van der Waals surface area (Å²) in [5.41, 5.74) is -0.724. The largest absolute Gasteiger partial charge is 0.384 e. The molecule has 0 heterocycles. The topological polar surface area (TPSA) is 26.3 Å². The maximum absolute atomic E-state index is 11.9. The minimum Gasteiger partial charge on any atom is -0.384 e. The molecule has 0 aromatic rings. The molecular weight excluding hydrogens is 224 g/mol. The summed E-state index contributed by atoms with van der Waals surface area (Å²) in [7, 11) is 1.63. The van der Waals surface area contributed by atoms with E-state index < -0.39 is 5.41 Å². The Bertz CT molecular complexity index is 236. The molecule has 0 radical (unpaired) electrons. The highest BCUT2D eigenvalue weighted by molar-refractivity contribution is 6.64. The normalized spacial score (nSPS) is 16.2. The quantitative estimate of drug-likeness (QED) is 0.640. The van der Waals surface area contributed by atoms with Gasteiger partial charge < -0.3 is 4.74 Å². The molecule has 1 atom stereocenters. The van der Waals surface area contributed by atoms with Gasteiger partial charge in [0.15, 0.2) is 0 Å². The molecular formula is C13H25ClO2. The first-order chi connectivity index (χ1) is 7.23. The molecule has 0 aromatic carbocycles. The molecule has 16 heavy (non-hydrogen) atoms. The van der Waals surface area contributed by atoms with Crippen LogP contribution in [0.25, 0.3) is 0 Å². The van der Waals surface area contributed by atoms with Crippen LogP contribution in [0.2, 0.25) is 0 Å². The third-order valence-electron chi connectivity index (χ3n) is 3.70. The van der Waals surface area contributed by atoms with Crippen molar-refractivity contribution in [2.45, 2.75) is 47.5 Å². The maximum atomic E-state index is 11.9. The number of carbonyl (C=O) groups is 1. The summed E-state index contributed by atoms with van der Waals surface area (Å²) in [4.78, 5) is 11.9. The number of halogens is 1. The summed E-state index contributed by atoms with van der Waals surface area (Å²) in [5.74, 6) is 0.420. The lowest BCUT2D eigenvalue weighted by Crippen LogP contribution is -2.47. The van der Waals surface area contributed by atoms with Crippen molar-refractivity contribution in [3.63, 3.8) is 0 Å². The van der Waals surface area contributed by atoms with Crippen LogP contribution in [-0.2, 0) is 9.53 Å². The Morgan fingerprint density at radius 1 is 1.38 bits per heavy atom. The SMILES string of the molecule is CCC(C)(C)C(COC)(CC(C)C)C(=O)Cl. The number of carbonyl (C=O) groups excluding carboxylic acids is 1. The van der Waals surface area contributed by atoms with Crippen LogP contribution in [-0.4, -0.2) is 19.0 Å². The Kier molecular flexibility index (Phi) is 5.99. The molecule has 2 nitrogen and oxygen atoms in total. The van der Waals surface area contributed by atoms with Crippen molar-refractivity contribution < 1.29 is 9.53 Å². The molecule has 0 aliphatic rings. The van der Waals surface area contributed by atoms with E-state index >= 15 is 0 Å². The number of methoxy groups -OCH3 is 1. The van der Waals surface area contributed by atoms with Crippen LogP contribution in [0.15, 0.2) is 0 Å². The van der Waals surface area contributed by atoms with Gasteiger partial charge in [0.2, 0.25) is 5.24 Å². The number of ether oxygens (including phenoxy) is 1.